The molecule has 1 aliphatic carbocycles. The molecule has 0 spiro atoms. The molecule has 1 heterocycles. The van der Waals surface area contributed by atoms with Gasteiger partial charge in [0.05, 0.1) is 12.8 Å². The first kappa shape index (κ1) is 17.0. The molecule has 1 aliphatic rings. The smallest absolute Gasteiger partial charge is 0.305 e. The first-order valence-corrected chi connectivity index (χ1v) is 8.21. The second kappa shape index (κ2) is 8.32. The van der Waals surface area contributed by atoms with Crippen molar-refractivity contribution in [1.82, 2.24) is 5.16 Å². The summed E-state index contributed by atoms with van der Waals surface area (Å²) in [4.78, 5) is 23.1. The van der Waals surface area contributed by atoms with Crippen molar-refractivity contribution < 1.29 is 18.8 Å². The number of nitrogens with zero attached hydrogens (tertiary/aromatic N) is 1. The zero-order valence-corrected chi connectivity index (χ0v) is 13.6. The van der Waals surface area contributed by atoms with E-state index in [4.69, 9.17) is 16.1 Å². The summed E-state index contributed by atoms with van der Waals surface area (Å²) in [6.45, 7) is 0. The van der Waals surface area contributed by atoms with Crippen LogP contribution >= 0.6 is 11.6 Å². The lowest BCUT2D eigenvalue weighted by molar-refractivity contribution is -0.140. The Kier molecular flexibility index (Phi) is 6.43. The molecule has 1 aromatic heterocycles. The highest BCUT2D eigenvalue weighted by atomic mass is 35.5. The number of carbonyl (C=O) groups is 2. The van der Waals surface area contributed by atoms with Gasteiger partial charge in [-0.05, 0) is 30.9 Å². The van der Waals surface area contributed by atoms with Gasteiger partial charge in [0.1, 0.15) is 5.78 Å². The second-order valence-corrected chi connectivity index (χ2v) is 6.18. The molecule has 22 heavy (non-hydrogen) atoms. The number of Topliss-reactive ketones (excluding diaryl/α,β-unsaturated/α-hetero) is 1. The zero-order valence-electron chi connectivity index (χ0n) is 12.8. The van der Waals surface area contributed by atoms with Crippen LogP contribution in [0.1, 0.15) is 63.0 Å². The van der Waals surface area contributed by atoms with Gasteiger partial charge in [-0.1, -0.05) is 24.4 Å². The fourth-order valence-electron chi connectivity index (χ4n) is 3.15. The van der Waals surface area contributed by atoms with Crippen molar-refractivity contribution in [3.05, 3.63) is 17.0 Å². The third kappa shape index (κ3) is 4.57. The van der Waals surface area contributed by atoms with Crippen LogP contribution in [0.15, 0.2) is 10.6 Å². The largest absolute Gasteiger partial charge is 0.469 e. The van der Waals surface area contributed by atoms with E-state index in [2.05, 4.69) is 9.89 Å². The highest BCUT2D eigenvalue weighted by molar-refractivity contribution is 6.28. The Bertz CT molecular complexity index is 514. The summed E-state index contributed by atoms with van der Waals surface area (Å²) >= 11 is 5.77. The fraction of sp³-hybridized carbons (Fsp3) is 0.688. The molecular weight excluding hydrogens is 306 g/mol. The molecule has 0 saturated heterocycles. The normalized spacial score (nSPS) is 21.3. The molecule has 0 N–H and O–H groups in total. The van der Waals surface area contributed by atoms with Crippen molar-refractivity contribution in [3.8, 4) is 0 Å². The average molecular weight is 328 g/mol. The lowest BCUT2D eigenvalue weighted by atomic mass is 9.88. The number of hydrogen-bond donors (Lipinski definition) is 0. The molecule has 0 amide bonds. The summed E-state index contributed by atoms with van der Waals surface area (Å²) in [6.07, 6.45) is 6.61. The number of unbranched alkanes of at least 4 members (excludes halogenated alkanes) is 3. The summed E-state index contributed by atoms with van der Waals surface area (Å²) in [6, 6.07) is 1.72. The monoisotopic (exact) mass is 327 g/mol. The Balaban J connectivity index is 1.73. The van der Waals surface area contributed by atoms with Crippen LogP contribution in [0.2, 0.25) is 5.22 Å². The Labute approximate surface area is 135 Å². The van der Waals surface area contributed by atoms with E-state index < -0.39 is 0 Å². The molecule has 2 atom stereocenters. The van der Waals surface area contributed by atoms with E-state index in [1.165, 1.54) is 7.11 Å². The Morgan fingerprint density at radius 3 is 2.86 bits per heavy atom. The van der Waals surface area contributed by atoms with Gasteiger partial charge in [-0.15, -0.1) is 0 Å². The fourth-order valence-corrected chi connectivity index (χ4v) is 3.30. The van der Waals surface area contributed by atoms with E-state index in [-0.39, 0.29) is 23.0 Å². The predicted octanol–water partition coefficient (Wildman–Crippen LogP) is 3.90. The van der Waals surface area contributed by atoms with Gasteiger partial charge in [0.15, 0.2) is 0 Å². The molecule has 5 nitrogen and oxygen atoms in total. The van der Waals surface area contributed by atoms with Crippen molar-refractivity contribution in [3.63, 3.8) is 0 Å². The minimum atomic E-state index is -0.158. The Morgan fingerprint density at radius 2 is 2.18 bits per heavy atom. The van der Waals surface area contributed by atoms with E-state index >= 15 is 0 Å². The standard InChI is InChI=1S/C16H22ClNO4/c1-21-16(20)7-5-3-2-4-6-12-11(8-9-14(12)19)13-10-15(17)22-18-13/h10-12H,2-9H2,1H3/t11-,12+/m0/s1. The van der Waals surface area contributed by atoms with E-state index in [0.29, 0.717) is 18.6 Å². The van der Waals surface area contributed by atoms with E-state index in [1.54, 1.807) is 6.07 Å². The molecule has 0 unspecified atom stereocenters. The summed E-state index contributed by atoms with van der Waals surface area (Å²) < 4.78 is 9.52. The van der Waals surface area contributed by atoms with Gasteiger partial charge in [0.25, 0.3) is 0 Å². The molecule has 6 heteroatoms. The topological polar surface area (TPSA) is 69.4 Å². The third-order valence-corrected chi connectivity index (χ3v) is 4.53. The maximum absolute atomic E-state index is 12.1. The second-order valence-electron chi connectivity index (χ2n) is 5.80. The predicted molar refractivity (Wildman–Crippen MR) is 81.7 cm³/mol. The van der Waals surface area contributed by atoms with Crippen molar-refractivity contribution in [2.45, 2.75) is 57.3 Å². The van der Waals surface area contributed by atoms with Gasteiger partial charge >= 0.3 is 5.97 Å². The maximum Gasteiger partial charge on any atom is 0.305 e. The number of esters is 1. The molecule has 0 bridgehead atoms. The van der Waals surface area contributed by atoms with E-state index in [9.17, 15) is 9.59 Å². The molecule has 2 rings (SSSR count). The highest BCUT2D eigenvalue weighted by Gasteiger charge is 2.36. The lowest BCUT2D eigenvalue weighted by Crippen LogP contribution is -2.13. The number of rotatable bonds is 8. The van der Waals surface area contributed by atoms with Crippen molar-refractivity contribution in [2.24, 2.45) is 5.92 Å². The van der Waals surface area contributed by atoms with Crippen LogP contribution in [0.5, 0.6) is 0 Å². The molecule has 1 aromatic rings. The van der Waals surface area contributed by atoms with Crippen LogP contribution < -0.4 is 0 Å². The average Bonchev–Trinajstić information content (AvgIpc) is 3.08. The molecule has 1 saturated carbocycles. The first-order valence-electron chi connectivity index (χ1n) is 7.83. The van der Waals surface area contributed by atoms with Crippen LogP contribution in [0.4, 0.5) is 0 Å². The third-order valence-electron chi connectivity index (χ3n) is 4.35. The van der Waals surface area contributed by atoms with Crippen LogP contribution in [0.25, 0.3) is 0 Å². The van der Waals surface area contributed by atoms with E-state index in [0.717, 1.165) is 44.2 Å². The number of methoxy groups -OCH3 is 1. The van der Waals surface area contributed by atoms with Crippen LogP contribution in [0.3, 0.4) is 0 Å². The number of carbonyl (C=O) groups excluding carboxylic acids is 2. The molecule has 122 valence electrons. The Morgan fingerprint density at radius 1 is 1.41 bits per heavy atom. The van der Waals surface area contributed by atoms with Crippen LogP contribution in [0, 0.1) is 5.92 Å². The molecule has 0 aliphatic heterocycles. The van der Waals surface area contributed by atoms with Gasteiger partial charge in [0.2, 0.25) is 5.22 Å². The first-order chi connectivity index (χ1) is 10.6. The highest BCUT2D eigenvalue weighted by Crippen LogP contribution is 2.40. The number of hydrogen-bond acceptors (Lipinski definition) is 5. The van der Waals surface area contributed by atoms with Gasteiger partial charge in [-0.2, -0.15) is 0 Å². The van der Waals surface area contributed by atoms with Crippen LogP contribution in [-0.2, 0) is 14.3 Å². The Hall–Kier alpha value is -1.36. The van der Waals surface area contributed by atoms with Crippen molar-refractivity contribution in [1.29, 1.82) is 0 Å². The molecular formula is C16H22ClNO4. The van der Waals surface area contributed by atoms with Crippen molar-refractivity contribution in [2.75, 3.05) is 7.11 Å². The van der Waals surface area contributed by atoms with Gasteiger partial charge in [-0.25, -0.2) is 0 Å². The number of ether oxygens (including phenoxy) is 1. The minimum Gasteiger partial charge on any atom is -0.469 e. The quantitative estimate of drug-likeness (QED) is 0.535. The molecule has 0 aromatic carbocycles. The molecule has 0 radical (unpaired) electrons. The van der Waals surface area contributed by atoms with Gasteiger partial charge < -0.3 is 9.26 Å². The summed E-state index contributed by atoms with van der Waals surface area (Å²) in [5.41, 5.74) is 0.798. The molecule has 1 fully saturated rings. The number of ketones is 1. The summed E-state index contributed by atoms with van der Waals surface area (Å²) in [5.74, 6) is 0.327. The van der Waals surface area contributed by atoms with Gasteiger partial charge in [-0.3, -0.25) is 9.59 Å². The zero-order chi connectivity index (χ0) is 15.9. The van der Waals surface area contributed by atoms with Gasteiger partial charge in [0, 0.05) is 30.7 Å². The number of halogens is 1. The minimum absolute atomic E-state index is 0.0294. The summed E-state index contributed by atoms with van der Waals surface area (Å²) in [7, 11) is 1.41. The van der Waals surface area contributed by atoms with E-state index in [1.807, 2.05) is 0 Å². The van der Waals surface area contributed by atoms with Crippen molar-refractivity contribution >= 4 is 23.4 Å². The summed E-state index contributed by atoms with van der Waals surface area (Å²) in [5, 5.41) is 4.23. The lowest BCUT2D eigenvalue weighted by Gasteiger charge is -2.15. The maximum atomic E-state index is 12.1. The SMILES string of the molecule is COC(=O)CCCCCC[C@H]1C(=O)CC[C@@H]1c1cc(Cl)on1. The van der Waals surface area contributed by atoms with Crippen LogP contribution in [-0.4, -0.2) is 24.0 Å². The number of aromatic nitrogens is 1.